The number of hydrogen-bond donors (Lipinski definition) is 3. The van der Waals surface area contributed by atoms with E-state index in [9.17, 15) is 15.3 Å². The maximum absolute atomic E-state index is 11.0. The van der Waals surface area contributed by atoms with Crippen LogP contribution in [0.4, 0.5) is 0 Å². The molecule has 0 aromatic heterocycles. The molecule has 1 saturated heterocycles. The maximum Gasteiger partial charge on any atom is 0.118 e. The summed E-state index contributed by atoms with van der Waals surface area (Å²) in [4.78, 5) is 0. The monoisotopic (exact) mass is 362 g/mol. The van der Waals surface area contributed by atoms with E-state index < -0.39 is 17.1 Å². The molecule has 1 heterocycles. The summed E-state index contributed by atoms with van der Waals surface area (Å²) in [5.41, 5.74) is 0.610. The molecule has 3 aliphatic rings. The highest BCUT2D eigenvalue weighted by atomic mass is 16.5. The Morgan fingerprint density at radius 1 is 1.23 bits per heavy atom. The van der Waals surface area contributed by atoms with E-state index in [-0.39, 0.29) is 30.5 Å². The fourth-order valence-corrected chi connectivity index (χ4v) is 5.86. The Hall–Kier alpha value is -1.10. The quantitative estimate of drug-likeness (QED) is 0.674. The van der Waals surface area contributed by atoms with Crippen molar-refractivity contribution in [1.82, 2.24) is 0 Å². The summed E-state index contributed by atoms with van der Waals surface area (Å²) in [6.07, 6.45) is 5.70. The molecule has 26 heavy (non-hydrogen) atoms. The van der Waals surface area contributed by atoms with Crippen LogP contribution < -0.4 is 0 Å². The number of aliphatic hydroxyl groups is 3. The summed E-state index contributed by atoms with van der Waals surface area (Å²) in [5.74, 6) is 1.05. The Morgan fingerprint density at radius 2 is 1.92 bits per heavy atom. The largest absolute Gasteiger partial charge is 0.491 e. The van der Waals surface area contributed by atoms with E-state index in [1.165, 1.54) is 5.57 Å². The molecule has 0 bridgehead atoms. The Balaban J connectivity index is 1.92. The Kier molecular flexibility index (Phi) is 4.92. The molecule has 0 aromatic rings. The van der Waals surface area contributed by atoms with Gasteiger partial charge in [-0.25, -0.2) is 0 Å². The van der Waals surface area contributed by atoms with Crippen molar-refractivity contribution in [2.75, 3.05) is 13.2 Å². The van der Waals surface area contributed by atoms with Gasteiger partial charge in [0.1, 0.15) is 18.5 Å². The molecule has 0 amide bonds. The minimum atomic E-state index is -0.864. The SMILES string of the molecule is C=C1OC[C@@H](O)/C1=C\C[C@@H]1C(=C)CC[C@H]2[C@@]1(C)CC[C@](C)(O)[C@@]2(C)CO. The van der Waals surface area contributed by atoms with Gasteiger partial charge in [-0.1, -0.05) is 38.7 Å². The zero-order chi connectivity index (χ0) is 19.3. The number of hydrogen-bond acceptors (Lipinski definition) is 4. The third-order valence-electron chi connectivity index (χ3n) is 7.99. The molecule has 2 aliphatic carbocycles. The van der Waals surface area contributed by atoms with E-state index in [4.69, 9.17) is 4.74 Å². The summed E-state index contributed by atoms with van der Waals surface area (Å²) in [7, 11) is 0. The normalized spacial score (nSPS) is 47.8. The summed E-state index contributed by atoms with van der Waals surface area (Å²) in [5, 5.41) is 31.3. The Morgan fingerprint density at radius 3 is 2.50 bits per heavy atom. The second kappa shape index (κ2) is 6.50. The van der Waals surface area contributed by atoms with Gasteiger partial charge in [-0.05, 0) is 56.3 Å². The molecule has 3 rings (SSSR count). The lowest BCUT2D eigenvalue weighted by Gasteiger charge is -2.63. The van der Waals surface area contributed by atoms with Gasteiger partial charge in [-0.15, -0.1) is 0 Å². The van der Waals surface area contributed by atoms with Crippen molar-refractivity contribution < 1.29 is 20.1 Å². The standard InChI is InChI=1S/C22H34O4/c1-14-6-9-19-20(3,10-11-22(5,25)21(19,4)13-23)17(14)8-7-16-15(2)26-12-18(16)24/h7,17-19,23-25H,1-2,6,8-13H2,3-5H3/b16-7-/t17-,18-,19+,20+,21+,22+/m1/s1. The topological polar surface area (TPSA) is 69.9 Å². The van der Waals surface area contributed by atoms with Gasteiger partial charge in [-0.2, -0.15) is 0 Å². The molecule has 4 nitrogen and oxygen atoms in total. The van der Waals surface area contributed by atoms with Crippen LogP contribution >= 0.6 is 0 Å². The van der Waals surface area contributed by atoms with Gasteiger partial charge in [-0.3, -0.25) is 0 Å². The highest BCUT2D eigenvalue weighted by Crippen LogP contribution is 2.64. The van der Waals surface area contributed by atoms with Crippen LogP contribution in [0, 0.1) is 22.7 Å². The molecule has 6 atom stereocenters. The number of ether oxygens (including phenoxy) is 1. The van der Waals surface area contributed by atoms with Crippen LogP contribution in [0.2, 0.25) is 0 Å². The summed E-state index contributed by atoms with van der Waals surface area (Å²) in [6, 6.07) is 0. The molecule has 1 aliphatic heterocycles. The summed E-state index contributed by atoms with van der Waals surface area (Å²) < 4.78 is 5.35. The van der Waals surface area contributed by atoms with E-state index in [1.54, 1.807) is 0 Å². The fraction of sp³-hybridized carbons (Fsp3) is 0.727. The Bertz CT molecular complexity index is 634. The molecule has 3 N–H and O–H groups in total. The van der Waals surface area contributed by atoms with E-state index in [1.807, 2.05) is 13.8 Å². The van der Waals surface area contributed by atoms with E-state index in [2.05, 4.69) is 26.2 Å². The lowest BCUT2D eigenvalue weighted by Crippen LogP contribution is -2.62. The van der Waals surface area contributed by atoms with Gasteiger partial charge in [0.2, 0.25) is 0 Å². The van der Waals surface area contributed by atoms with Crippen LogP contribution in [0.25, 0.3) is 0 Å². The number of allylic oxidation sites excluding steroid dienone is 2. The second-order valence-corrected chi connectivity index (χ2v) is 9.30. The highest BCUT2D eigenvalue weighted by Gasteiger charge is 2.61. The van der Waals surface area contributed by atoms with Gasteiger partial charge >= 0.3 is 0 Å². The summed E-state index contributed by atoms with van der Waals surface area (Å²) in [6.45, 7) is 14.7. The number of fused-ring (bicyclic) bond motifs is 1. The maximum atomic E-state index is 11.0. The molecule has 0 aromatic carbocycles. The van der Waals surface area contributed by atoms with Gasteiger partial charge in [0.15, 0.2) is 0 Å². The molecular formula is C22H34O4. The molecule has 0 radical (unpaired) electrons. The van der Waals surface area contributed by atoms with Gasteiger partial charge < -0.3 is 20.1 Å². The lowest BCUT2D eigenvalue weighted by molar-refractivity contribution is -0.201. The smallest absolute Gasteiger partial charge is 0.118 e. The zero-order valence-electron chi connectivity index (χ0n) is 16.4. The molecule has 2 saturated carbocycles. The van der Waals surface area contributed by atoms with Crippen LogP contribution in [-0.2, 0) is 4.74 Å². The van der Waals surface area contributed by atoms with Gasteiger partial charge in [0.25, 0.3) is 0 Å². The molecule has 3 fully saturated rings. The predicted molar refractivity (Wildman–Crippen MR) is 102 cm³/mol. The van der Waals surface area contributed by atoms with Crippen molar-refractivity contribution in [1.29, 1.82) is 0 Å². The van der Waals surface area contributed by atoms with Crippen LogP contribution in [-0.4, -0.2) is 40.2 Å². The first-order valence-corrected chi connectivity index (χ1v) is 9.78. The third kappa shape index (κ3) is 2.78. The average molecular weight is 363 g/mol. The molecule has 4 heteroatoms. The molecule has 146 valence electrons. The number of rotatable bonds is 3. The molecular weight excluding hydrogens is 328 g/mol. The van der Waals surface area contributed by atoms with E-state index in [0.29, 0.717) is 12.2 Å². The zero-order valence-corrected chi connectivity index (χ0v) is 16.4. The first kappa shape index (κ1) is 19.7. The van der Waals surface area contributed by atoms with Crippen molar-refractivity contribution in [2.24, 2.45) is 22.7 Å². The molecule has 0 unspecified atom stereocenters. The van der Waals surface area contributed by atoms with Crippen LogP contribution in [0.15, 0.2) is 36.1 Å². The van der Waals surface area contributed by atoms with Crippen molar-refractivity contribution in [3.63, 3.8) is 0 Å². The van der Waals surface area contributed by atoms with Gasteiger partial charge in [0, 0.05) is 11.0 Å². The van der Waals surface area contributed by atoms with E-state index in [0.717, 1.165) is 31.3 Å². The third-order valence-corrected chi connectivity index (χ3v) is 7.99. The highest BCUT2D eigenvalue weighted by molar-refractivity contribution is 5.32. The van der Waals surface area contributed by atoms with Crippen molar-refractivity contribution in [2.45, 2.75) is 64.6 Å². The lowest BCUT2D eigenvalue weighted by atomic mass is 9.43. The fourth-order valence-electron chi connectivity index (χ4n) is 5.86. The minimum Gasteiger partial charge on any atom is -0.491 e. The van der Waals surface area contributed by atoms with Crippen LogP contribution in [0.3, 0.4) is 0 Å². The predicted octanol–water partition coefficient (Wildman–Crippen LogP) is 3.34. The van der Waals surface area contributed by atoms with Crippen molar-refractivity contribution in [3.05, 3.63) is 36.1 Å². The van der Waals surface area contributed by atoms with Crippen molar-refractivity contribution in [3.8, 4) is 0 Å². The molecule has 0 spiro atoms. The van der Waals surface area contributed by atoms with Crippen molar-refractivity contribution >= 4 is 0 Å². The minimum absolute atomic E-state index is 0.0100. The first-order valence-electron chi connectivity index (χ1n) is 9.78. The summed E-state index contributed by atoms with van der Waals surface area (Å²) >= 11 is 0. The van der Waals surface area contributed by atoms with Crippen LogP contribution in [0.1, 0.15) is 52.9 Å². The number of aliphatic hydroxyl groups excluding tert-OH is 2. The van der Waals surface area contributed by atoms with E-state index >= 15 is 0 Å². The second-order valence-electron chi connectivity index (χ2n) is 9.30. The Labute approximate surface area is 157 Å². The van der Waals surface area contributed by atoms with Crippen LogP contribution in [0.5, 0.6) is 0 Å². The first-order chi connectivity index (χ1) is 12.1. The van der Waals surface area contributed by atoms with Gasteiger partial charge in [0.05, 0.1) is 12.2 Å². The average Bonchev–Trinajstić information content (AvgIpc) is 2.90.